The Hall–Kier alpha value is -0.0800. The zero-order valence-electron chi connectivity index (χ0n) is 8.72. The lowest BCUT2D eigenvalue weighted by Crippen LogP contribution is -2.38. The zero-order valence-corrected chi connectivity index (χ0v) is 8.72. The third-order valence-corrected chi connectivity index (χ3v) is 1.56. The maximum absolute atomic E-state index is 5.73. The Morgan fingerprint density at radius 1 is 1.27 bits per heavy atom. The van der Waals surface area contributed by atoms with E-state index >= 15 is 0 Å². The first kappa shape index (κ1) is 13.5. The molecule has 0 aliphatic rings. The van der Waals surface area contributed by atoms with Gasteiger partial charge in [0.15, 0.2) is 0 Å². The summed E-state index contributed by atoms with van der Waals surface area (Å²) in [4.78, 5) is 2.18. The van der Waals surface area contributed by atoms with Crippen molar-refractivity contribution >= 4 is 0 Å². The molecule has 1 atom stereocenters. The van der Waals surface area contributed by atoms with Crippen LogP contribution in [-0.4, -0.2) is 24.7 Å². The highest BCUT2D eigenvalue weighted by molar-refractivity contribution is 4.57. The van der Waals surface area contributed by atoms with Crippen molar-refractivity contribution < 1.29 is 0 Å². The van der Waals surface area contributed by atoms with E-state index in [9.17, 15) is 0 Å². The van der Waals surface area contributed by atoms with Gasteiger partial charge in [-0.3, -0.25) is 4.90 Å². The third kappa shape index (κ3) is 7.82. The van der Waals surface area contributed by atoms with E-state index in [1.54, 1.807) is 0 Å². The van der Waals surface area contributed by atoms with Crippen LogP contribution in [0.3, 0.4) is 0 Å². The Bertz CT molecular complexity index is 64.6. The lowest BCUT2D eigenvalue weighted by molar-refractivity contribution is 0.241. The molecule has 11 heavy (non-hydrogen) atoms. The molecule has 2 N–H and O–H groups in total. The second-order valence-corrected chi connectivity index (χ2v) is 2.46. The van der Waals surface area contributed by atoms with Crippen molar-refractivity contribution in [3.63, 3.8) is 0 Å². The van der Waals surface area contributed by atoms with Crippen LogP contribution < -0.4 is 5.73 Å². The molecule has 0 aromatic rings. The minimum absolute atomic E-state index is 0.255. The van der Waals surface area contributed by atoms with E-state index in [-0.39, 0.29) is 6.17 Å². The van der Waals surface area contributed by atoms with E-state index in [0.29, 0.717) is 0 Å². The minimum Gasteiger partial charge on any atom is -0.316 e. The number of hydrogen-bond donors (Lipinski definition) is 1. The quantitative estimate of drug-likeness (QED) is 0.638. The molecular formula is C9H24N2. The van der Waals surface area contributed by atoms with Crippen LogP contribution in [-0.2, 0) is 0 Å². The van der Waals surface area contributed by atoms with Crippen molar-refractivity contribution in [3.8, 4) is 0 Å². The van der Waals surface area contributed by atoms with Crippen LogP contribution in [0.25, 0.3) is 0 Å². The van der Waals surface area contributed by atoms with Crippen LogP contribution in [0.5, 0.6) is 0 Å². The van der Waals surface area contributed by atoms with Crippen LogP contribution in [0, 0.1) is 0 Å². The fourth-order valence-corrected chi connectivity index (χ4v) is 0.830. The van der Waals surface area contributed by atoms with Crippen LogP contribution in [0.2, 0.25) is 0 Å². The second kappa shape index (κ2) is 9.92. The van der Waals surface area contributed by atoms with Crippen LogP contribution in [0.15, 0.2) is 0 Å². The van der Waals surface area contributed by atoms with Crippen molar-refractivity contribution in [1.82, 2.24) is 4.90 Å². The third-order valence-electron chi connectivity index (χ3n) is 1.56. The van der Waals surface area contributed by atoms with E-state index in [2.05, 4.69) is 25.8 Å². The Kier molecular flexibility index (Phi) is 12.2. The van der Waals surface area contributed by atoms with Gasteiger partial charge in [-0.15, -0.1) is 0 Å². The molecule has 0 fully saturated rings. The summed E-state index contributed by atoms with van der Waals surface area (Å²) in [6.07, 6.45) is 2.48. The SMILES string of the molecule is CC.CCCN(C)C(N)CC. The largest absolute Gasteiger partial charge is 0.316 e. The van der Waals surface area contributed by atoms with Gasteiger partial charge in [0.05, 0.1) is 6.17 Å². The molecule has 2 nitrogen and oxygen atoms in total. The average molecular weight is 160 g/mol. The van der Waals surface area contributed by atoms with E-state index in [1.807, 2.05) is 13.8 Å². The van der Waals surface area contributed by atoms with Gasteiger partial charge in [0, 0.05) is 0 Å². The van der Waals surface area contributed by atoms with Crippen LogP contribution in [0.4, 0.5) is 0 Å². The normalized spacial score (nSPS) is 12.3. The first-order valence-electron chi connectivity index (χ1n) is 4.68. The summed E-state index contributed by atoms with van der Waals surface area (Å²) < 4.78 is 0. The Balaban J connectivity index is 0. The van der Waals surface area contributed by atoms with Crippen molar-refractivity contribution in [2.45, 2.75) is 46.7 Å². The summed E-state index contributed by atoms with van der Waals surface area (Å²) in [5.74, 6) is 0. The molecule has 1 unspecified atom stereocenters. The van der Waals surface area contributed by atoms with Crippen molar-refractivity contribution in [2.75, 3.05) is 13.6 Å². The van der Waals surface area contributed by atoms with Crippen molar-refractivity contribution in [2.24, 2.45) is 5.73 Å². The van der Waals surface area contributed by atoms with Crippen LogP contribution in [0.1, 0.15) is 40.5 Å². The van der Waals surface area contributed by atoms with Crippen molar-refractivity contribution in [3.05, 3.63) is 0 Å². The summed E-state index contributed by atoms with van der Waals surface area (Å²) in [6.45, 7) is 9.38. The van der Waals surface area contributed by atoms with Gasteiger partial charge in [0.1, 0.15) is 0 Å². The highest BCUT2D eigenvalue weighted by Gasteiger charge is 2.03. The molecule has 0 rings (SSSR count). The fraction of sp³-hybridized carbons (Fsp3) is 1.00. The molecule has 0 spiro atoms. The minimum atomic E-state index is 0.255. The molecule has 0 bridgehead atoms. The molecule has 0 saturated heterocycles. The number of nitrogens with zero attached hydrogens (tertiary/aromatic N) is 1. The van der Waals surface area contributed by atoms with Gasteiger partial charge in [-0.2, -0.15) is 0 Å². The maximum atomic E-state index is 5.73. The summed E-state index contributed by atoms with van der Waals surface area (Å²) in [5.41, 5.74) is 5.73. The van der Waals surface area contributed by atoms with Gasteiger partial charge in [-0.05, 0) is 26.4 Å². The molecule has 0 amide bonds. The molecule has 0 aliphatic heterocycles. The van der Waals surface area contributed by atoms with Gasteiger partial charge in [0.25, 0.3) is 0 Å². The summed E-state index contributed by atoms with van der Waals surface area (Å²) in [6, 6.07) is 0. The highest BCUT2D eigenvalue weighted by atomic mass is 15.2. The first-order valence-corrected chi connectivity index (χ1v) is 4.68. The molecular weight excluding hydrogens is 136 g/mol. The Morgan fingerprint density at radius 3 is 2.00 bits per heavy atom. The lowest BCUT2D eigenvalue weighted by Gasteiger charge is -2.21. The molecule has 0 radical (unpaired) electrons. The van der Waals surface area contributed by atoms with Gasteiger partial charge in [0.2, 0.25) is 0 Å². The predicted molar refractivity (Wildman–Crippen MR) is 52.5 cm³/mol. The Labute approximate surface area is 71.8 Å². The predicted octanol–water partition coefficient (Wildman–Crippen LogP) is 2.05. The van der Waals surface area contributed by atoms with E-state index < -0.39 is 0 Å². The summed E-state index contributed by atoms with van der Waals surface area (Å²) in [5, 5.41) is 0. The number of hydrogen-bond acceptors (Lipinski definition) is 2. The highest BCUT2D eigenvalue weighted by Crippen LogP contribution is 1.93. The first-order chi connectivity index (χ1) is 5.22. The Morgan fingerprint density at radius 2 is 1.73 bits per heavy atom. The van der Waals surface area contributed by atoms with Gasteiger partial charge in [-0.1, -0.05) is 27.7 Å². The monoisotopic (exact) mass is 160 g/mol. The summed E-state index contributed by atoms with van der Waals surface area (Å²) >= 11 is 0. The lowest BCUT2D eigenvalue weighted by atomic mass is 10.3. The molecule has 0 aromatic carbocycles. The molecule has 0 saturated carbocycles. The molecule has 0 aromatic heterocycles. The fourth-order valence-electron chi connectivity index (χ4n) is 0.830. The number of nitrogens with two attached hydrogens (primary N) is 1. The second-order valence-electron chi connectivity index (χ2n) is 2.46. The van der Waals surface area contributed by atoms with E-state index in [4.69, 9.17) is 5.73 Å². The average Bonchev–Trinajstić information content (AvgIpc) is 2.07. The molecule has 0 aliphatic carbocycles. The molecule has 2 heteroatoms. The van der Waals surface area contributed by atoms with Gasteiger partial charge < -0.3 is 5.73 Å². The number of rotatable bonds is 4. The maximum Gasteiger partial charge on any atom is 0.0566 e. The summed E-state index contributed by atoms with van der Waals surface area (Å²) in [7, 11) is 2.07. The van der Waals surface area contributed by atoms with Gasteiger partial charge in [-0.25, -0.2) is 0 Å². The topological polar surface area (TPSA) is 29.3 Å². The zero-order chi connectivity index (χ0) is 9.28. The van der Waals surface area contributed by atoms with Gasteiger partial charge >= 0.3 is 0 Å². The van der Waals surface area contributed by atoms with Crippen molar-refractivity contribution in [1.29, 1.82) is 0 Å². The van der Waals surface area contributed by atoms with Crippen LogP contribution >= 0.6 is 0 Å². The van der Waals surface area contributed by atoms with E-state index in [0.717, 1.165) is 13.0 Å². The standard InChI is InChI=1S/C7H18N2.C2H6/c1-4-6-9(3)7(8)5-2;1-2/h7H,4-6,8H2,1-3H3;1-2H3. The molecule has 70 valence electrons. The van der Waals surface area contributed by atoms with E-state index in [1.165, 1.54) is 6.42 Å². The smallest absolute Gasteiger partial charge is 0.0566 e. The molecule has 0 heterocycles.